The molecule has 2 bridgehead atoms. The highest BCUT2D eigenvalue weighted by Gasteiger charge is 2.72. The van der Waals surface area contributed by atoms with E-state index in [4.69, 9.17) is 14.2 Å². The largest absolute Gasteiger partial charge is 0.497 e. The van der Waals surface area contributed by atoms with Crippen LogP contribution in [0.5, 0.6) is 11.5 Å². The lowest BCUT2D eigenvalue weighted by Crippen LogP contribution is -2.56. The Balaban J connectivity index is 1.02. The number of rotatable bonds is 8. The van der Waals surface area contributed by atoms with E-state index in [-0.39, 0.29) is 22.6 Å². The van der Waals surface area contributed by atoms with Crippen LogP contribution < -0.4 is 14.4 Å². The van der Waals surface area contributed by atoms with Crippen molar-refractivity contribution in [2.45, 2.75) is 8.65 Å². The number of nitrogens with zero attached hydrogens (tertiary/aromatic N) is 1. The number of alkyl halides is 2. The topological polar surface area (TPSA) is 116 Å². The molecule has 0 N–H and O–H groups in total. The molecule has 11 heteroatoms. The minimum Gasteiger partial charge on any atom is -0.497 e. The molecule has 258 valence electrons. The third-order valence-corrected chi connectivity index (χ3v) is 12.7. The van der Waals surface area contributed by atoms with E-state index < -0.39 is 56.6 Å². The summed E-state index contributed by atoms with van der Waals surface area (Å²) >= 11 is 7.99. The standard InChI is InChI=1S/C41H27Br2NO8/c1-50-26-10-8-9-24(21-26)38(48)52-25-19-17-23(18-20-25)33(45)22-51-39(49)27-11-2-7-16-32(27)44-36(46)34-35(37(44)47)41(43)29-13-4-3-12-28(29)40(34,42)30-14-5-6-15-31(30)41/h2-21,34-35H,22H2,1H3. The van der Waals surface area contributed by atoms with Crippen LogP contribution in [0.4, 0.5) is 5.69 Å². The number of Topliss-reactive ketones (excluding diaryl/α,β-unsaturated/α-hetero) is 1. The molecule has 1 fully saturated rings. The van der Waals surface area contributed by atoms with Gasteiger partial charge in [0.05, 0.1) is 44.4 Å². The molecule has 1 aliphatic heterocycles. The van der Waals surface area contributed by atoms with Gasteiger partial charge in [0.25, 0.3) is 0 Å². The smallest absolute Gasteiger partial charge is 0.343 e. The Morgan fingerprint density at radius 2 is 1.17 bits per heavy atom. The summed E-state index contributed by atoms with van der Waals surface area (Å²) < 4.78 is 14.0. The van der Waals surface area contributed by atoms with Crippen molar-refractivity contribution in [3.8, 4) is 11.5 Å². The Morgan fingerprint density at radius 3 is 1.73 bits per heavy atom. The molecule has 0 saturated carbocycles. The summed E-state index contributed by atoms with van der Waals surface area (Å²) in [5.74, 6) is -3.82. The minimum absolute atomic E-state index is 0.0370. The highest BCUT2D eigenvalue weighted by Crippen LogP contribution is 2.71. The average Bonchev–Trinajstić information content (AvgIpc) is 3.46. The molecule has 5 aromatic rings. The maximum Gasteiger partial charge on any atom is 0.343 e. The molecular formula is C41H27Br2NO8. The van der Waals surface area contributed by atoms with Gasteiger partial charge in [-0.2, -0.15) is 0 Å². The number of para-hydroxylation sites is 1. The van der Waals surface area contributed by atoms with E-state index in [0.29, 0.717) is 11.3 Å². The Labute approximate surface area is 314 Å². The van der Waals surface area contributed by atoms with Crippen molar-refractivity contribution in [1.82, 2.24) is 0 Å². The fourth-order valence-corrected chi connectivity index (χ4v) is 9.97. The van der Waals surface area contributed by atoms with Gasteiger partial charge in [0, 0.05) is 5.56 Å². The molecule has 4 aliphatic rings. The summed E-state index contributed by atoms with van der Waals surface area (Å²) in [4.78, 5) is 69.4. The van der Waals surface area contributed by atoms with Crippen molar-refractivity contribution < 1.29 is 38.2 Å². The van der Waals surface area contributed by atoms with Gasteiger partial charge in [-0.05, 0) is 76.9 Å². The van der Waals surface area contributed by atoms with E-state index >= 15 is 0 Å². The Bertz CT molecular complexity index is 2220. The third kappa shape index (κ3) is 4.97. The number of hydrogen-bond acceptors (Lipinski definition) is 8. The number of halogens is 2. The van der Waals surface area contributed by atoms with Crippen molar-refractivity contribution >= 4 is 67.1 Å². The van der Waals surface area contributed by atoms with Gasteiger partial charge in [-0.3, -0.25) is 14.4 Å². The first kappa shape index (κ1) is 33.7. The fraction of sp³-hybridized carbons (Fsp3) is 0.146. The predicted molar refractivity (Wildman–Crippen MR) is 197 cm³/mol. The number of anilines is 1. The van der Waals surface area contributed by atoms with Gasteiger partial charge in [-0.15, -0.1) is 0 Å². The number of carbonyl (C=O) groups excluding carboxylic acids is 5. The number of esters is 2. The third-order valence-electron chi connectivity index (χ3n) is 9.98. The second-order valence-electron chi connectivity index (χ2n) is 12.6. The minimum atomic E-state index is -0.993. The van der Waals surface area contributed by atoms with Crippen LogP contribution in [-0.2, 0) is 23.0 Å². The summed E-state index contributed by atoms with van der Waals surface area (Å²) in [5, 5.41) is 0. The van der Waals surface area contributed by atoms with Crippen molar-refractivity contribution in [1.29, 1.82) is 0 Å². The molecule has 52 heavy (non-hydrogen) atoms. The maximum absolute atomic E-state index is 14.5. The Morgan fingerprint density at radius 1 is 0.635 bits per heavy atom. The SMILES string of the molecule is COc1cccc(C(=O)Oc2ccc(C(=O)COC(=O)c3ccccc3N3C(=O)C4C(C3=O)C3(Br)c5ccccc5C4(Br)c4ccccc43)cc2)c1. The number of imide groups is 1. The monoisotopic (exact) mass is 819 g/mol. The van der Waals surface area contributed by atoms with Crippen LogP contribution in [-0.4, -0.2) is 43.3 Å². The van der Waals surface area contributed by atoms with Crippen LogP contribution in [0.3, 0.4) is 0 Å². The van der Waals surface area contributed by atoms with Crippen molar-refractivity contribution in [2.75, 3.05) is 18.6 Å². The molecule has 9 rings (SSSR count). The van der Waals surface area contributed by atoms with Gasteiger partial charge in [0.2, 0.25) is 11.8 Å². The molecule has 2 unspecified atom stereocenters. The first-order valence-electron chi connectivity index (χ1n) is 16.3. The zero-order chi connectivity index (χ0) is 36.4. The summed E-state index contributed by atoms with van der Waals surface area (Å²) in [6.45, 7) is -0.608. The highest BCUT2D eigenvalue weighted by atomic mass is 79.9. The van der Waals surface area contributed by atoms with Gasteiger partial charge < -0.3 is 14.2 Å². The lowest BCUT2D eigenvalue weighted by Gasteiger charge is -2.55. The van der Waals surface area contributed by atoms with Gasteiger partial charge in [-0.25, -0.2) is 14.5 Å². The van der Waals surface area contributed by atoms with E-state index in [2.05, 4.69) is 31.9 Å². The molecular weight excluding hydrogens is 794 g/mol. The zero-order valence-electron chi connectivity index (χ0n) is 27.4. The van der Waals surface area contributed by atoms with Crippen molar-refractivity contribution in [3.05, 3.63) is 160 Å². The Kier molecular flexibility index (Phi) is 8.23. The quantitative estimate of drug-likeness (QED) is 0.0525. The van der Waals surface area contributed by atoms with E-state index in [1.807, 2.05) is 48.5 Å². The van der Waals surface area contributed by atoms with Crippen LogP contribution in [0.25, 0.3) is 0 Å². The van der Waals surface area contributed by atoms with E-state index in [0.717, 1.165) is 27.2 Å². The number of carbonyl (C=O) groups is 5. The van der Waals surface area contributed by atoms with Gasteiger partial charge in [0.15, 0.2) is 12.4 Å². The zero-order valence-corrected chi connectivity index (χ0v) is 30.5. The molecule has 1 heterocycles. The molecule has 0 spiro atoms. The van der Waals surface area contributed by atoms with E-state index in [1.54, 1.807) is 36.4 Å². The summed E-state index contributed by atoms with van der Waals surface area (Å²) in [6, 6.07) is 34.1. The number of hydrogen-bond donors (Lipinski definition) is 0. The first-order chi connectivity index (χ1) is 25.1. The maximum atomic E-state index is 14.5. The molecule has 2 amide bonds. The molecule has 1 saturated heterocycles. The van der Waals surface area contributed by atoms with Gasteiger partial charge in [0.1, 0.15) is 11.5 Å². The fourth-order valence-electron chi connectivity index (χ4n) is 7.66. The average molecular weight is 821 g/mol. The molecule has 3 aliphatic carbocycles. The lowest BCUT2D eigenvalue weighted by molar-refractivity contribution is -0.122. The van der Waals surface area contributed by atoms with E-state index in [1.165, 1.54) is 43.5 Å². The number of methoxy groups -OCH3 is 1. The summed E-state index contributed by atoms with van der Waals surface area (Å²) in [5.41, 5.74) is 4.12. The molecule has 9 nitrogen and oxygen atoms in total. The number of ketones is 1. The van der Waals surface area contributed by atoms with E-state index in [9.17, 15) is 24.0 Å². The summed E-state index contributed by atoms with van der Waals surface area (Å²) in [6.07, 6.45) is 0. The number of amides is 2. The van der Waals surface area contributed by atoms with Crippen LogP contribution >= 0.6 is 31.9 Å². The van der Waals surface area contributed by atoms with Crippen LogP contribution in [0.2, 0.25) is 0 Å². The second-order valence-corrected chi connectivity index (χ2v) is 15.1. The normalized spacial score (nSPS) is 22.2. The molecule has 0 radical (unpaired) electrons. The second kappa shape index (κ2) is 12.7. The predicted octanol–water partition coefficient (Wildman–Crippen LogP) is 7.36. The number of benzene rings is 5. The van der Waals surface area contributed by atoms with Crippen LogP contribution in [0.1, 0.15) is 53.3 Å². The lowest BCUT2D eigenvalue weighted by atomic mass is 9.54. The Hall–Kier alpha value is -5.39. The van der Waals surface area contributed by atoms with Crippen molar-refractivity contribution in [3.63, 3.8) is 0 Å². The molecule has 0 aromatic heterocycles. The molecule has 5 aromatic carbocycles. The first-order valence-corrected chi connectivity index (χ1v) is 17.9. The van der Waals surface area contributed by atoms with Gasteiger partial charge in [-0.1, -0.05) is 98.6 Å². The van der Waals surface area contributed by atoms with Crippen LogP contribution in [0, 0.1) is 11.8 Å². The summed E-state index contributed by atoms with van der Waals surface area (Å²) in [7, 11) is 1.50. The van der Waals surface area contributed by atoms with Gasteiger partial charge >= 0.3 is 11.9 Å². The number of ether oxygens (including phenoxy) is 3. The highest BCUT2D eigenvalue weighted by molar-refractivity contribution is 9.10. The van der Waals surface area contributed by atoms with Crippen LogP contribution in [0.15, 0.2) is 121 Å². The van der Waals surface area contributed by atoms with Crippen molar-refractivity contribution in [2.24, 2.45) is 11.8 Å². The molecule has 2 atom stereocenters.